The van der Waals surface area contributed by atoms with Crippen molar-refractivity contribution in [1.82, 2.24) is 4.98 Å². The fourth-order valence-corrected chi connectivity index (χ4v) is 2.61. The molecule has 19 heavy (non-hydrogen) atoms. The van der Waals surface area contributed by atoms with Crippen LogP contribution < -0.4 is 5.32 Å². The summed E-state index contributed by atoms with van der Waals surface area (Å²) < 4.78 is 6.01. The van der Waals surface area contributed by atoms with Crippen LogP contribution in [0.5, 0.6) is 0 Å². The van der Waals surface area contributed by atoms with Crippen molar-refractivity contribution in [3.05, 3.63) is 24.0 Å². The van der Waals surface area contributed by atoms with E-state index in [1.54, 1.807) is 0 Å². The van der Waals surface area contributed by atoms with E-state index in [0.717, 1.165) is 17.9 Å². The summed E-state index contributed by atoms with van der Waals surface area (Å²) in [5.74, 6) is 0. The molecule has 1 aliphatic carbocycles. The van der Waals surface area contributed by atoms with Gasteiger partial charge >= 0.3 is 0 Å². The summed E-state index contributed by atoms with van der Waals surface area (Å²) in [6.45, 7) is 8.36. The highest BCUT2D eigenvalue weighted by molar-refractivity contribution is 5.42. The second-order valence-electron chi connectivity index (χ2n) is 6.24. The zero-order chi connectivity index (χ0) is 13.7. The second-order valence-corrected chi connectivity index (χ2v) is 6.24. The summed E-state index contributed by atoms with van der Waals surface area (Å²) in [7, 11) is 0. The number of hydrogen-bond donors (Lipinski definition) is 1. The molecule has 1 aliphatic rings. The molecule has 3 nitrogen and oxygen atoms in total. The van der Waals surface area contributed by atoms with Crippen molar-refractivity contribution in [2.45, 2.75) is 59.2 Å². The van der Waals surface area contributed by atoms with Crippen LogP contribution in [0.2, 0.25) is 0 Å². The van der Waals surface area contributed by atoms with E-state index in [1.807, 2.05) is 12.3 Å². The van der Waals surface area contributed by atoms with Gasteiger partial charge in [-0.2, -0.15) is 0 Å². The molecule has 0 atom stereocenters. The molecule has 1 fully saturated rings. The Morgan fingerprint density at radius 3 is 2.79 bits per heavy atom. The van der Waals surface area contributed by atoms with Crippen molar-refractivity contribution in [2.75, 3.05) is 11.9 Å². The van der Waals surface area contributed by atoms with Gasteiger partial charge in [-0.05, 0) is 50.2 Å². The number of rotatable bonds is 5. The summed E-state index contributed by atoms with van der Waals surface area (Å²) in [4.78, 5) is 4.37. The third-order valence-electron chi connectivity index (χ3n) is 3.95. The Kier molecular flexibility index (Phi) is 4.81. The van der Waals surface area contributed by atoms with E-state index < -0.39 is 0 Å². The highest BCUT2D eigenvalue weighted by Crippen LogP contribution is 2.36. The highest BCUT2D eigenvalue weighted by Gasteiger charge is 2.27. The van der Waals surface area contributed by atoms with Crippen molar-refractivity contribution in [3.63, 3.8) is 0 Å². The molecule has 1 saturated carbocycles. The minimum Gasteiger partial charge on any atom is -0.385 e. The van der Waals surface area contributed by atoms with Crippen LogP contribution in [0.1, 0.15) is 52.1 Å². The maximum Gasteiger partial charge on any atom is 0.0892 e. The first-order valence-corrected chi connectivity index (χ1v) is 7.39. The Labute approximate surface area is 116 Å². The number of hydrogen-bond acceptors (Lipinski definition) is 3. The van der Waals surface area contributed by atoms with E-state index in [-0.39, 0.29) is 0 Å². The average Bonchev–Trinajstić information content (AvgIpc) is 2.38. The van der Waals surface area contributed by atoms with Crippen molar-refractivity contribution in [3.8, 4) is 0 Å². The first-order valence-electron chi connectivity index (χ1n) is 7.39. The third kappa shape index (κ3) is 4.50. The molecule has 106 valence electrons. The van der Waals surface area contributed by atoms with Gasteiger partial charge in [-0.3, -0.25) is 4.98 Å². The minimum atomic E-state index is 0.414. The maximum atomic E-state index is 6.01. The zero-order valence-corrected chi connectivity index (χ0v) is 12.4. The van der Waals surface area contributed by atoms with Gasteiger partial charge in [-0.15, -0.1) is 0 Å². The van der Waals surface area contributed by atoms with Crippen LogP contribution in [0.3, 0.4) is 0 Å². The van der Waals surface area contributed by atoms with E-state index in [1.165, 1.54) is 25.7 Å². The molecule has 0 aliphatic heterocycles. The van der Waals surface area contributed by atoms with E-state index in [4.69, 9.17) is 4.74 Å². The van der Waals surface area contributed by atoms with Crippen LogP contribution in [0.4, 0.5) is 5.69 Å². The van der Waals surface area contributed by atoms with E-state index in [0.29, 0.717) is 18.1 Å². The number of anilines is 1. The minimum absolute atomic E-state index is 0.414. The lowest BCUT2D eigenvalue weighted by Gasteiger charge is -2.34. The van der Waals surface area contributed by atoms with E-state index in [9.17, 15) is 0 Å². The number of ether oxygens (including phenoxy) is 1. The van der Waals surface area contributed by atoms with E-state index in [2.05, 4.69) is 37.1 Å². The number of nitrogens with one attached hydrogen (secondary N) is 1. The monoisotopic (exact) mass is 262 g/mol. The third-order valence-corrected chi connectivity index (χ3v) is 3.95. The van der Waals surface area contributed by atoms with Gasteiger partial charge in [0.05, 0.1) is 18.4 Å². The molecule has 1 heterocycles. The lowest BCUT2D eigenvalue weighted by atomic mass is 9.76. The Hall–Kier alpha value is -1.09. The van der Waals surface area contributed by atoms with Gasteiger partial charge in [0.2, 0.25) is 0 Å². The van der Waals surface area contributed by atoms with Gasteiger partial charge in [0.1, 0.15) is 0 Å². The Morgan fingerprint density at radius 2 is 2.11 bits per heavy atom. The topological polar surface area (TPSA) is 34.2 Å². The lowest BCUT2D eigenvalue weighted by Crippen LogP contribution is -2.26. The largest absolute Gasteiger partial charge is 0.385 e. The fourth-order valence-electron chi connectivity index (χ4n) is 2.61. The van der Waals surface area contributed by atoms with E-state index >= 15 is 0 Å². The van der Waals surface area contributed by atoms with Crippen LogP contribution in [-0.2, 0) is 11.3 Å². The number of nitrogens with zero attached hydrogens (tertiary/aromatic N) is 1. The molecule has 1 N–H and O–H groups in total. The summed E-state index contributed by atoms with van der Waals surface area (Å²) >= 11 is 0. The molecular formula is C16H26N2O. The smallest absolute Gasteiger partial charge is 0.0892 e. The highest BCUT2D eigenvalue weighted by atomic mass is 16.5. The zero-order valence-electron chi connectivity index (χ0n) is 12.4. The summed E-state index contributed by atoms with van der Waals surface area (Å²) in [5, 5.41) is 3.30. The maximum absolute atomic E-state index is 6.01. The Bertz CT molecular complexity index is 393. The molecule has 0 spiro atoms. The van der Waals surface area contributed by atoms with Gasteiger partial charge in [0.25, 0.3) is 0 Å². The van der Waals surface area contributed by atoms with Gasteiger partial charge in [0, 0.05) is 18.4 Å². The first kappa shape index (κ1) is 14.3. The van der Waals surface area contributed by atoms with Crippen LogP contribution in [0.25, 0.3) is 0 Å². The predicted molar refractivity (Wildman–Crippen MR) is 79.2 cm³/mol. The fraction of sp³-hybridized carbons (Fsp3) is 0.688. The quantitative estimate of drug-likeness (QED) is 0.871. The molecule has 2 rings (SSSR count). The SMILES string of the molecule is CCNc1ccnc(COC2CCC(C)(C)CC2)c1. The molecule has 1 aromatic rings. The molecule has 3 heteroatoms. The Balaban J connectivity index is 1.81. The molecule has 0 unspecified atom stereocenters. The molecule has 0 amide bonds. The van der Waals surface area contributed by atoms with Crippen molar-refractivity contribution in [1.29, 1.82) is 0 Å². The molecule has 0 aromatic carbocycles. The van der Waals surface area contributed by atoms with Gasteiger partial charge < -0.3 is 10.1 Å². The summed E-state index contributed by atoms with van der Waals surface area (Å²) in [6.07, 6.45) is 7.16. The summed E-state index contributed by atoms with van der Waals surface area (Å²) in [6, 6.07) is 4.08. The van der Waals surface area contributed by atoms with Crippen molar-refractivity contribution in [2.24, 2.45) is 5.41 Å². The predicted octanol–water partition coefficient (Wildman–Crippen LogP) is 4.00. The van der Waals surface area contributed by atoms with Crippen LogP contribution in [-0.4, -0.2) is 17.6 Å². The summed E-state index contributed by atoms with van der Waals surface area (Å²) in [5.41, 5.74) is 2.65. The molecular weight excluding hydrogens is 236 g/mol. The van der Waals surface area contributed by atoms with Crippen LogP contribution >= 0.6 is 0 Å². The van der Waals surface area contributed by atoms with Crippen molar-refractivity contribution < 1.29 is 4.74 Å². The molecule has 0 bridgehead atoms. The van der Waals surface area contributed by atoms with Gasteiger partial charge in [-0.1, -0.05) is 13.8 Å². The van der Waals surface area contributed by atoms with Crippen LogP contribution in [0.15, 0.2) is 18.3 Å². The first-order chi connectivity index (χ1) is 9.09. The second kappa shape index (κ2) is 6.38. The molecule has 0 saturated heterocycles. The number of pyridine rings is 1. The normalized spacial score (nSPS) is 19.3. The Morgan fingerprint density at radius 1 is 1.37 bits per heavy atom. The average molecular weight is 262 g/mol. The number of aromatic nitrogens is 1. The molecule has 1 aromatic heterocycles. The lowest BCUT2D eigenvalue weighted by molar-refractivity contribution is -0.00686. The van der Waals surface area contributed by atoms with Crippen molar-refractivity contribution >= 4 is 5.69 Å². The molecule has 0 radical (unpaired) electrons. The standard InChI is InChI=1S/C16H26N2O/c1-4-17-13-7-10-18-14(11-13)12-19-15-5-8-16(2,3)9-6-15/h7,10-11,15H,4-6,8-9,12H2,1-3H3,(H,17,18). The van der Waals surface area contributed by atoms with Crippen LogP contribution in [0, 0.1) is 5.41 Å². The van der Waals surface area contributed by atoms with Gasteiger partial charge in [0.15, 0.2) is 0 Å². The van der Waals surface area contributed by atoms with Gasteiger partial charge in [-0.25, -0.2) is 0 Å².